The standard InChI is InChI=1S/C22H16ClN3O3S/c1-13(14-8-10-15(11-9-14)24-21(27)17-6-4-12-29-17)25-26-22(28)20-19(23)16-5-2-3-7-18(16)30-20/h2-12H,1H3,(H,24,27)(H,26,28). The Kier molecular flexibility index (Phi) is 5.65. The zero-order valence-electron chi connectivity index (χ0n) is 15.8. The van der Waals surface area contributed by atoms with E-state index in [1.807, 2.05) is 24.3 Å². The zero-order chi connectivity index (χ0) is 21.1. The van der Waals surface area contributed by atoms with Gasteiger partial charge in [0.15, 0.2) is 5.76 Å². The molecule has 2 amide bonds. The van der Waals surface area contributed by atoms with Gasteiger partial charge in [0.25, 0.3) is 11.8 Å². The third kappa shape index (κ3) is 4.12. The maximum atomic E-state index is 12.5. The fourth-order valence-electron chi connectivity index (χ4n) is 2.81. The van der Waals surface area contributed by atoms with Gasteiger partial charge < -0.3 is 9.73 Å². The van der Waals surface area contributed by atoms with Crippen LogP contribution in [-0.2, 0) is 0 Å². The van der Waals surface area contributed by atoms with E-state index in [0.29, 0.717) is 21.3 Å². The molecule has 0 bridgehead atoms. The lowest BCUT2D eigenvalue weighted by Crippen LogP contribution is -2.18. The van der Waals surface area contributed by atoms with Crippen molar-refractivity contribution in [1.82, 2.24) is 5.43 Å². The number of hydrazone groups is 1. The van der Waals surface area contributed by atoms with E-state index >= 15 is 0 Å². The number of rotatable bonds is 5. The lowest BCUT2D eigenvalue weighted by Gasteiger charge is -2.06. The number of nitrogens with one attached hydrogen (secondary N) is 2. The minimum Gasteiger partial charge on any atom is -0.459 e. The van der Waals surface area contributed by atoms with Crippen molar-refractivity contribution in [2.75, 3.05) is 5.32 Å². The van der Waals surface area contributed by atoms with Gasteiger partial charge in [-0.1, -0.05) is 41.9 Å². The highest BCUT2D eigenvalue weighted by Crippen LogP contribution is 2.34. The second kappa shape index (κ2) is 8.52. The second-order valence-corrected chi connectivity index (χ2v) is 7.82. The highest BCUT2D eigenvalue weighted by Gasteiger charge is 2.16. The van der Waals surface area contributed by atoms with Crippen LogP contribution in [0.3, 0.4) is 0 Å². The number of carbonyl (C=O) groups excluding carboxylic acids is 2. The summed E-state index contributed by atoms with van der Waals surface area (Å²) in [6.45, 7) is 1.78. The van der Waals surface area contributed by atoms with Gasteiger partial charge in [0.1, 0.15) is 4.88 Å². The molecule has 30 heavy (non-hydrogen) atoms. The topological polar surface area (TPSA) is 83.7 Å². The molecule has 0 aliphatic rings. The van der Waals surface area contributed by atoms with E-state index in [4.69, 9.17) is 16.0 Å². The van der Waals surface area contributed by atoms with Gasteiger partial charge in [0.2, 0.25) is 0 Å². The number of nitrogens with zero attached hydrogens (tertiary/aromatic N) is 1. The summed E-state index contributed by atoms with van der Waals surface area (Å²) >= 11 is 7.66. The molecule has 0 atom stereocenters. The van der Waals surface area contributed by atoms with Crippen molar-refractivity contribution >= 4 is 56.2 Å². The number of hydrogen-bond acceptors (Lipinski definition) is 5. The molecule has 2 aromatic carbocycles. The number of carbonyl (C=O) groups is 2. The van der Waals surface area contributed by atoms with Crippen LogP contribution in [-0.4, -0.2) is 17.5 Å². The van der Waals surface area contributed by atoms with Crippen molar-refractivity contribution in [3.8, 4) is 0 Å². The quantitative estimate of drug-likeness (QED) is 0.317. The van der Waals surface area contributed by atoms with E-state index in [1.165, 1.54) is 17.6 Å². The normalized spacial score (nSPS) is 11.5. The second-order valence-electron chi connectivity index (χ2n) is 6.39. The molecule has 0 aliphatic heterocycles. The Bertz CT molecular complexity index is 1240. The SMILES string of the molecule is CC(=NNC(=O)c1sc2ccccc2c1Cl)c1ccc(NC(=O)c2ccco2)cc1. The van der Waals surface area contributed by atoms with Gasteiger partial charge >= 0.3 is 0 Å². The fourth-order valence-corrected chi connectivity index (χ4v) is 4.21. The van der Waals surface area contributed by atoms with Crippen LogP contribution in [0.2, 0.25) is 5.02 Å². The van der Waals surface area contributed by atoms with E-state index in [2.05, 4.69) is 15.8 Å². The molecule has 4 aromatic rings. The third-order valence-electron chi connectivity index (χ3n) is 4.37. The number of fused-ring (bicyclic) bond motifs is 1. The van der Waals surface area contributed by atoms with Crippen LogP contribution in [0.25, 0.3) is 10.1 Å². The number of hydrogen-bond donors (Lipinski definition) is 2. The van der Waals surface area contributed by atoms with E-state index < -0.39 is 0 Å². The Morgan fingerprint density at radius 1 is 1.00 bits per heavy atom. The summed E-state index contributed by atoms with van der Waals surface area (Å²) in [6.07, 6.45) is 1.44. The summed E-state index contributed by atoms with van der Waals surface area (Å²) in [5.41, 5.74) is 4.59. The largest absolute Gasteiger partial charge is 0.459 e. The molecule has 0 saturated carbocycles. The van der Waals surface area contributed by atoms with Crippen molar-refractivity contribution in [2.24, 2.45) is 5.10 Å². The lowest BCUT2D eigenvalue weighted by molar-refractivity contribution is 0.0957. The molecule has 0 radical (unpaired) electrons. The Balaban J connectivity index is 1.43. The van der Waals surface area contributed by atoms with E-state index in [-0.39, 0.29) is 17.6 Å². The van der Waals surface area contributed by atoms with Gasteiger partial charge in [-0.2, -0.15) is 5.10 Å². The number of halogens is 1. The van der Waals surface area contributed by atoms with Crippen LogP contribution < -0.4 is 10.7 Å². The monoisotopic (exact) mass is 437 g/mol. The van der Waals surface area contributed by atoms with Crippen LogP contribution in [0.1, 0.15) is 32.7 Å². The molecule has 0 unspecified atom stereocenters. The summed E-state index contributed by atoms with van der Waals surface area (Å²) < 4.78 is 6.01. The number of benzene rings is 2. The smallest absolute Gasteiger partial charge is 0.291 e. The third-order valence-corrected chi connectivity index (χ3v) is 6.05. The Labute approximate surface area is 181 Å². The predicted molar refractivity (Wildman–Crippen MR) is 120 cm³/mol. The molecule has 6 nitrogen and oxygen atoms in total. The molecule has 2 aromatic heterocycles. The lowest BCUT2D eigenvalue weighted by atomic mass is 10.1. The zero-order valence-corrected chi connectivity index (χ0v) is 17.4. The molecule has 0 aliphatic carbocycles. The van der Waals surface area contributed by atoms with Crippen molar-refractivity contribution in [3.63, 3.8) is 0 Å². The number of anilines is 1. The first kappa shape index (κ1) is 19.9. The van der Waals surface area contributed by atoms with Crippen LogP contribution in [0, 0.1) is 0 Å². The molecule has 8 heteroatoms. The molecule has 0 spiro atoms. The van der Waals surface area contributed by atoms with E-state index in [1.54, 1.807) is 43.3 Å². The summed E-state index contributed by atoms with van der Waals surface area (Å²) in [5.74, 6) is -0.451. The van der Waals surface area contributed by atoms with Gasteiger partial charge in [-0.3, -0.25) is 9.59 Å². The fraction of sp³-hybridized carbons (Fsp3) is 0.0455. The molecule has 150 valence electrons. The summed E-state index contributed by atoms with van der Waals surface area (Å²) in [5, 5.41) is 8.20. The summed E-state index contributed by atoms with van der Waals surface area (Å²) in [7, 11) is 0. The van der Waals surface area contributed by atoms with Crippen molar-refractivity contribution in [3.05, 3.63) is 88.2 Å². The van der Waals surface area contributed by atoms with E-state index in [0.717, 1.165) is 15.6 Å². The number of furan rings is 1. The van der Waals surface area contributed by atoms with Gasteiger partial charge in [0.05, 0.1) is 17.0 Å². The number of thiophene rings is 1. The van der Waals surface area contributed by atoms with Crippen LogP contribution >= 0.6 is 22.9 Å². The first-order valence-electron chi connectivity index (χ1n) is 9.00. The summed E-state index contributed by atoms with van der Waals surface area (Å²) in [6, 6.07) is 17.9. The maximum absolute atomic E-state index is 12.5. The Morgan fingerprint density at radius 2 is 1.77 bits per heavy atom. The van der Waals surface area contributed by atoms with E-state index in [9.17, 15) is 9.59 Å². The minimum atomic E-state index is -0.358. The number of amides is 2. The van der Waals surface area contributed by atoms with Crippen molar-refractivity contribution < 1.29 is 14.0 Å². The van der Waals surface area contributed by atoms with Crippen molar-refractivity contribution in [2.45, 2.75) is 6.92 Å². The van der Waals surface area contributed by atoms with Gasteiger partial charge in [-0.15, -0.1) is 11.3 Å². The molecule has 0 saturated heterocycles. The summed E-state index contributed by atoms with van der Waals surface area (Å²) in [4.78, 5) is 24.9. The average Bonchev–Trinajstić information content (AvgIpc) is 3.41. The minimum absolute atomic E-state index is 0.236. The molecule has 2 heterocycles. The Morgan fingerprint density at radius 3 is 2.47 bits per heavy atom. The first-order chi connectivity index (χ1) is 14.5. The molecule has 2 N–H and O–H groups in total. The van der Waals surface area contributed by atoms with Crippen LogP contribution in [0.4, 0.5) is 5.69 Å². The van der Waals surface area contributed by atoms with Gasteiger partial charge in [-0.25, -0.2) is 5.43 Å². The molecule has 0 fully saturated rings. The highest BCUT2D eigenvalue weighted by molar-refractivity contribution is 7.21. The van der Waals surface area contributed by atoms with Crippen molar-refractivity contribution in [1.29, 1.82) is 0 Å². The molecular formula is C22H16ClN3O3S. The predicted octanol–water partition coefficient (Wildman–Crippen LogP) is 5.55. The van der Waals surface area contributed by atoms with Gasteiger partial charge in [0, 0.05) is 15.8 Å². The molecular weight excluding hydrogens is 422 g/mol. The van der Waals surface area contributed by atoms with Crippen LogP contribution in [0.5, 0.6) is 0 Å². The first-order valence-corrected chi connectivity index (χ1v) is 10.2. The Hall–Kier alpha value is -3.42. The highest BCUT2D eigenvalue weighted by atomic mass is 35.5. The molecule has 4 rings (SSSR count). The average molecular weight is 438 g/mol. The maximum Gasteiger partial charge on any atom is 0.291 e. The van der Waals surface area contributed by atoms with Gasteiger partial charge in [-0.05, 0) is 42.8 Å². The van der Waals surface area contributed by atoms with Crippen LogP contribution in [0.15, 0.2) is 76.4 Å².